The summed E-state index contributed by atoms with van der Waals surface area (Å²) in [7, 11) is 1.50. The molecule has 3 heteroatoms. The van der Waals surface area contributed by atoms with Gasteiger partial charge in [-0.05, 0) is 44.0 Å². The molecule has 2 fully saturated rings. The van der Waals surface area contributed by atoms with E-state index in [0.717, 1.165) is 6.54 Å². The van der Waals surface area contributed by atoms with Gasteiger partial charge < -0.3 is 11.1 Å². The van der Waals surface area contributed by atoms with E-state index in [9.17, 15) is 0 Å². The molecule has 2 saturated heterocycles. The fraction of sp³-hybridized carbons (Fsp3) is 0.600. The van der Waals surface area contributed by atoms with E-state index in [-0.39, 0.29) is 0 Å². The zero-order valence-corrected chi connectivity index (χ0v) is 11.4. The molecule has 1 aromatic carbocycles. The molecule has 0 amide bonds. The average molecular weight is 247 g/mol. The van der Waals surface area contributed by atoms with Crippen LogP contribution in [-0.2, 0) is 6.54 Å². The van der Waals surface area contributed by atoms with Gasteiger partial charge in [-0.1, -0.05) is 30.3 Å². The van der Waals surface area contributed by atoms with Crippen LogP contribution >= 0.6 is 0 Å². The first-order valence-corrected chi connectivity index (χ1v) is 6.91. The van der Waals surface area contributed by atoms with Crippen molar-refractivity contribution >= 4 is 0 Å². The molecule has 3 nitrogen and oxygen atoms in total. The van der Waals surface area contributed by atoms with Gasteiger partial charge in [-0.3, -0.25) is 4.90 Å². The van der Waals surface area contributed by atoms with E-state index in [1.165, 1.54) is 51.6 Å². The molecule has 3 N–H and O–H groups in total. The Hall–Kier alpha value is -0.900. The van der Waals surface area contributed by atoms with Crippen LogP contribution in [0.25, 0.3) is 0 Å². The minimum Gasteiger partial charge on any atom is -0.333 e. The largest absolute Gasteiger partial charge is 0.333 e. The normalized spacial score (nSPS) is 27.2. The molecular formula is C15H25N3. The smallest absolute Gasteiger partial charge is 0.0233 e. The number of nitrogens with zero attached hydrogens (tertiary/aromatic N) is 1. The van der Waals surface area contributed by atoms with Gasteiger partial charge >= 0.3 is 0 Å². The number of nitrogens with two attached hydrogens (primary N) is 1. The van der Waals surface area contributed by atoms with Crippen LogP contribution in [0.15, 0.2) is 30.3 Å². The highest BCUT2D eigenvalue weighted by Crippen LogP contribution is 2.36. The number of likely N-dealkylation sites (tertiary alicyclic amines) is 1. The highest BCUT2D eigenvalue weighted by Gasteiger charge is 2.39. The monoisotopic (exact) mass is 247 g/mol. The lowest BCUT2D eigenvalue weighted by atomic mass is 9.87. The molecule has 0 radical (unpaired) electrons. The van der Waals surface area contributed by atoms with Crippen molar-refractivity contribution in [3.8, 4) is 0 Å². The van der Waals surface area contributed by atoms with Gasteiger partial charge in [-0.25, -0.2) is 0 Å². The molecule has 2 heterocycles. The highest BCUT2D eigenvalue weighted by molar-refractivity contribution is 5.15. The van der Waals surface area contributed by atoms with Crippen molar-refractivity contribution in [2.45, 2.75) is 19.4 Å². The summed E-state index contributed by atoms with van der Waals surface area (Å²) in [6, 6.07) is 10.8. The van der Waals surface area contributed by atoms with Crippen LogP contribution in [0.5, 0.6) is 0 Å². The summed E-state index contributed by atoms with van der Waals surface area (Å²) in [6.07, 6.45) is 2.76. The third-order valence-electron chi connectivity index (χ3n) is 4.10. The summed E-state index contributed by atoms with van der Waals surface area (Å²) in [5, 5.41) is 3.51. The highest BCUT2D eigenvalue weighted by atomic mass is 15.2. The summed E-state index contributed by atoms with van der Waals surface area (Å²) >= 11 is 0. The minimum absolute atomic E-state index is 0.606. The quantitative estimate of drug-likeness (QED) is 0.831. The number of rotatable bonds is 2. The molecule has 0 bridgehead atoms. The molecule has 1 atom stereocenters. The molecule has 2 aliphatic rings. The van der Waals surface area contributed by atoms with Crippen molar-refractivity contribution in [1.82, 2.24) is 10.2 Å². The fourth-order valence-corrected chi connectivity index (χ4v) is 3.15. The molecule has 18 heavy (non-hydrogen) atoms. The SMILES string of the molecule is CN.c1ccc(CN2CCC3(CCNC3)C2)cc1. The zero-order valence-electron chi connectivity index (χ0n) is 11.4. The number of hydrogen-bond donors (Lipinski definition) is 2. The number of benzene rings is 1. The van der Waals surface area contributed by atoms with Crippen LogP contribution in [0.2, 0.25) is 0 Å². The van der Waals surface area contributed by atoms with Gasteiger partial charge in [0.15, 0.2) is 0 Å². The lowest BCUT2D eigenvalue weighted by molar-refractivity contribution is 0.268. The van der Waals surface area contributed by atoms with Crippen molar-refractivity contribution < 1.29 is 0 Å². The van der Waals surface area contributed by atoms with E-state index in [1.54, 1.807) is 0 Å². The summed E-state index contributed by atoms with van der Waals surface area (Å²) in [5.41, 5.74) is 6.56. The Balaban J connectivity index is 0.000000574. The Labute approximate surface area is 110 Å². The Kier molecular flexibility index (Phi) is 4.75. The summed E-state index contributed by atoms with van der Waals surface area (Å²) in [4.78, 5) is 2.61. The minimum atomic E-state index is 0.606. The Morgan fingerprint density at radius 1 is 1.22 bits per heavy atom. The molecule has 3 rings (SSSR count). The first-order valence-electron chi connectivity index (χ1n) is 6.91. The van der Waals surface area contributed by atoms with E-state index < -0.39 is 0 Å². The van der Waals surface area contributed by atoms with Crippen LogP contribution in [0.3, 0.4) is 0 Å². The van der Waals surface area contributed by atoms with Gasteiger partial charge in [0.2, 0.25) is 0 Å². The van der Waals surface area contributed by atoms with Crippen molar-refractivity contribution in [1.29, 1.82) is 0 Å². The zero-order chi connectivity index (χ0) is 12.8. The second kappa shape index (κ2) is 6.32. The molecule has 100 valence electrons. The molecule has 0 aliphatic carbocycles. The molecule has 0 aromatic heterocycles. The molecule has 1 unspecified atom stereocenters. The van der Waals surface area contributed by atoms with Crippen LogP contribution in [0.1, 0.15) is 18.4 Å². The maximum Gasteiger partial charge on any atom is 0.0233 e. The van der Waals surface area contributed by atoms with Gasteiger partial charge in [0.05, 0.1) is 0 Å². The maximum atomic E-state index is 4.50. The summed E-state index contributed by atoms with van der Waals surface area (Å²) in [5.74, 6) is 0. The first kappa shape index (κ1) is 13.5. The van der Waals surface area contributed by atoms with E-state index in [4.69, 9.17) is 0 Å². The number of hydrogen-bond acceptors (Lipinski definition) is 3. The van der Waals surface area contributed by atoms with Crippen LogP contribution in [0.4, 0.5) is 0 Å². The predicted octanol–water partition coefficient (Wildman–Crippen LogP) is 1.45. The van der Waals surface area contributed by atoms with Gasteiger partial charge in [-0.15, -0.1) is 0 Å². The summed E-state index contributed by atoms with van der Waals surface area (Å²) < 4.78 is 0. The van der Waals surface area contributed by atoms with Crippen LogP contribution in [-0.4, -0.2) is 38.1 Å². The summed E-state index contributed by atoms with van der Waals surface area (Å²) in [6.45, 7) is 6.14. The molecule has 1 aromatic rings. The predicted molar refractivity (Wildman–Crippen MR) is 76.4 cm³/mol. The van der Waals surface area contributed by atoms with E-state index in [0.29, 0.717) is 5.41 Å². The third-order valence-corrected chi connectivity index (χ3v) is 4.10. The van der Waals surface area contributed by atoms with Crippen molar-refractivity contribution in [2.24, 2.45) is 11.1 Å². The molecule has 0 saturated carbocycles. The molecular weight excluding hydrogens is 222 g/mol. The van der Waals surface area contributed by atoms with Crippen molar-refractivity contribution in [2.75, 3.05) is 33.2 Å². The van der Waals surface area contributed by atoms with Gasteiger partial charge in [0.25, 0.3) is 0 Å². The Morgan fingerprint density at radius 2 is 2.00 bits per heavy atom. The van der Waals surface area contributed by atoms with Crippen molar-refractivity contribution in [3.05, 3.63) is 35.9 Å². The Morgan fingerprint density at radius 3 is 2.67 bits per heavy atom. The lowest BCUT2D eigenvalue weighted by Crippen LogP contribution is -2.28. The standard InChI is InChI=1S/C14H20N2.CH5N/c1-2-4-13(5-3-1)10-16-9-7-14(12-16)6-8-15-11-14;1-2/h1-5,15H,6-12H2;2H2,1H3. The van der Waals surface area contributed by atoms with Crippen LogP contribution in [0, 0.1) is 5.41 Å². The van der Waals surface area contributed by atoms with E-state index >= 15 is 0 Å². The molecule has 2 aliphatic heterocycles. The first-order chi connectivity index (χ1) is 8.86. The Bertz CT molecular complexity index is 344. The maximum absolute atomic E-state index is 4.50. The van der Waals surface area contributed by atoms with Gasteiger partial charge in [0, 0.05) is 19.6 Å². The molecule has 1 spiro atoms. The number of nitrogens with one attached hydrogen (secondary N) is 1. The lowest BCUT2D eigenvalue weighted by Gasteiger charge is -2.22. The van der Waals surface area contributed by atoms with Gasteiger partial charge in [0.1, 0.15) is 0 Å². The van der Waals surface area contributed by atoms with Crippen molar-refractivity contribution in [3.63, 3.8) is 0 Å². The second-order valence-corrected chi connectivity index (χ2v) is 5.37. The second-order valence-electron chi connectivity index (χ2n) is 5.37. The fourth-order valence-electron chi connectivity index (χ4n) is 3.15. The van der Waals surface area contributed by atoms with E-state index in [1.807, 2.05) is 0 Å². The topological polar surface area (TPSA) is 41.3 Å². The van der Waals surface area contributed by atoms with E-state index in [2.05, 4.69) is 46.3 Å². The van der Waals surface area contributed by atoms with Gasteiger partial charge in [-0.2, -0.15) is 0 Å². The third kappa shape index (κ3) is 3.10. The van der Waals surface area contributed by atoms with Crippen LogP contribution < -0.4 is 11.1 Å². The average Bonchev–Trinajstić information content (AvgIpc) is 3.04.